The quantitative estimate of drug-likeness (QED) is 0.205. The lowest BCUT2D eigenvalue weighted by molar-refractivity contribution is 0.472. The molecule has 2 aliphatic carbocycles. The number of fused-ring (bicyclic) bond motifs is 10. The van der Waals surface area contributed by atoms with E-state index in [9.17, 15) is 0 Å². The van der Waals surface area contributed by atoms with E-state index in [0.29, 0.717) is 0 Å². The fourth-order valence-electron chi connectivity index (χ4n) is 7.54. The van der Waals surface area contributed by atoms with Gasteiger partial charge in [-0.05, 0) is 97.8 Å². The first-order valence-electron chi connectivity index (χ1n) is 16.0. The molecule has 2 heteroatoms. The number of anilines is 3. The van der Waals surface area contributed by atoms with Crippen molar-refractivity contribution < 1.29 is 4.42 Å². The highest BCUT2D eigenvalue weighted by atomic mass is 16.3. The van der Waals surface area contributed by atoms with E-state index < -0.39 is 5.41 Å². The van der Waals surface area contributed by atoms with Gasteiger partial charge in [-0.25, -0.2) is 0 Å². The van der Waals surface area contributed by atoms with Gasteiger partial charge < -0.3 is 9.32 Å². The molecule has 0 fully saturated rings. The second-order valence-electron chi connectivity index (χ2n) is 14.7. The van der Waals surface area contributed by atoms with Crippen molar-refractivity contribution in [2.75, 3.05) is 4.90 Å². The van der Waals surface area contributed by atoms with Crippen molar-refractivity contribution in [2.24, 2.45) is 0 Å². The van der Waals surface area contributed by atoms with Crippen LogP contribution in [-0.2, 0) is 16.2 Å². The first-order valence-corrected chi connectivity index (χ1v) is 16.0. The Labute approximate surface area is 267 Å². The lowest BCUT2D eigenvalue weighted by atomic mass is 9.71. The first-order chi connectivity index (χ1) is 21.6. The molecule has 0 unspecified atom stereocenters. The Morgan fingerprint density at radius 3 is 1.44 bits per heavy atom. The van der Waals surface area contributed by atoms with Crippen LogP contribution in [0, 0.1) is 0 Å². The highest BCUT2D eigenvalue weighted by molar-refractivity contribution is 5.95. The average Bonchev–Trinajstić information content (AvgIpc) is 3.69. The van der Waals surface area contributed by atoms with E-state index in [-0.39, 0.29) is 10.8 Å². The maximum atomic E-state index is 6.62. The van der Waals surface area contributed by atoms with Gasteiger partial charge in [0.1, 0.15) is 11.2 Å². The van der Waals surface area contributed by atoms with Crippen molar-refractivity contribution in [2.45, 2.75) is 57.8 Å². The van der Waals surface area contributed by atoms with Crippen molar-refractivity contribution in [3.63, 3.8) is 0 Å². The number of para-hydroxylation sites is 2. The lowest BCUT2D eigenvalue weighted by Gasteiger charge is -2.32. The molecule has 2 nitrogen and oxygen atoms in total. The van der Waals surface area contributed by atoms with Gasteiger partial charge in [-0.1, -0.05) is 120 Å². The van der Waals surface area contributed by atoms with Gasteiger partial charge in [0, 0.05) is 22.6 Å². The van der Waals surface area contributed by atoms with E-state index in [2.05, 4.69) is 168 Å². The summed E-state index contributed by atoms with van der Waals surface area (Å²) < 4.78 is 6.62. The monoisotopic (exact) mass is 585 g/mol. The van der Waals surface area contributed by atoms with Crippen LogP contribution in [0.1, 0.15) is 75.1 Å². The molecule has 1 spiro atoms. The summed E-state index contributed by atoms with van der Waals surface area (Å²) in [5.41, 5.74) is 14.4. The molecular weight excluding hydrogens is 546 g/mol. The zero-order chi connectivity index (χ0) is 31.1. The summed E-state index contributed by atoms with van der Waals surface area (Å²) in [6, 6.07) is 44.8. The zero-order valence-corrected chi connectivity index (χ0v) is 27.0. The number of furan rings is 1. The molecule has 0 radical (unpaired) electrons. The second-order valence-corrected chi connectivity index (χ2v) is 14.7. The Morgan fingerprint density at radius 2 is 0.933 bits per heavy atom. The van der Waals surface area contributed by atoms with Gasteiger partial charge in [-0.3, -0.25) is 0 Å². The van der Waals surface area contributed by atoms with Gasteiger partial charge in [-0.15, -0.1) is 0 Å². The summed E-state index contributed by atoms with van der Waals surface area (Å²) in [4.78, 5) is 2.36. The van der Waals surface area contributed by atoms with E-state index in [1.54, 1.807) is 0 Å². The van der Waals surface area contributed by atoms with Gasteiger partial charge in [0.2, 0.25) is 0 Å². The Morgan fingerprint density at radius 1 is 0.467 bits per heavy atom. The first kappa shape index (κ1) is 27.7. The molecule has 2 aliphatic rings. The molecule has 1 heterocycles. The summed E-state index contributed by atoms with van der Waals surface area (Å²) in [5, 5.41) is 0. The highest BCUT2D eigenvalue weighted by Crippen LogP contribution is 2.64. The van der Waals surface area contributed by atoms with E-state index in [1.165, 1.54) is 50.1 Å². The van der Waals surface area contributed by atoms with E-state index in [4.69, 9.17) is 4.42 Å². The fourth-order valence-corrected chi connectivity index (χ4v) is 7.54. The molecule has 0 N–H and O–H groups in total. The predicted molar refractivity (Wildman–Crippen MR) is 187 cm³/mol. The Kier molecular flexibility index (Phi) is 5.90. The summed E-state index contributed by atoms with van der Waals surface area (Å²) in [6.07, 6.45) is 1.88. The van der Waals surface area contributed by atoms with Crippen LogP contribution in [0.15, 0.2) is 132 Å². The number of hydrogen-bond acceptors (Lipinski definition) is 2. The lowest BCUT2D eigenvalue weighted by Crippen LogP contribution is -2.27. The van der Waals surface area contributed by atoms with Crippen molar-refractivity contribution >= 4 is 17.1 Å². The standard InChI is InChI=1S/C43H39NO/c1-41(2,3)28-17-20-33-34-21-18-29(42(4,5)6)26-38(34)43(37(33)25-28)39-27-32(19-22-35(39)36-23-24-45-40(36)43)44(30-13-9-7-10-14-30)31-15-11-8-12-16-31/h7-27H,1-6H3. The van der Waals surface area contributed by atoms with Crippen LogP contribution in [0.4, 0.5) is 17.1 Å². The maximum Gasteiger partial charge on any atom is 0.131 e. The molecule has 0 aliphatic heterocycles. The minimum absolute atomic E-state index is 0.00819. The summed E-state index contributed by atoms with van der Waals surface area (Å²) in [7, 11) is 0. The molecule has 1 aromatic heterocycles. The molecule has 0 atom stereocenters. The zero-order valence-electron chi connectivity index (χ0n) is 27.0. The fraction of sp³-hybridized carbons (Fsp3) is 0.209. The summed E-state index contributed by atoms with van der Waals surface area (Å²) in [5.74, 6) is 1.03. The third kappa shape index (κ3) is 4.01. The minimum Gasteiger partial charge on any atom is -0.467 e. The molecule has 0 amide bonds. The SMILES string of the molecule is CC(C)(C)c1ccc2c(c1)C1(c3cc(C(C)(C)C)ccc3-2)c2cc(N(c3ccccc3)c3ccccc3)ccc2-c2ccoc21. The van der Waals surface area contributed by atoms with Crippen LogP contribution in [0.5, 0.6) is 0 Å². The van der Waals surface area contributed by atoms with Gasteiger partial charge in [0.15, 0.2) is 0 Å². The molecule has 0 saturated carbocycles. The van der Waals surface area contributed by atoms with Gasteiger partial charge in [-0.2, -0.15) is 0 Å². The van der Waals surface area contributed by atoms with Crippen LogP contribution in [-0.4, -0.2) is 0 Å². The largest absolute Gasteiger partial charge is 0.467 e. The smallest absolute Gasteiger partial charge is 0.131 e. The van der Waals surface area contributed by atoms with Crippen LogP contribution >= 0.6 is 0 Å². The van der Waals surface area contributed by atoms with Crippen molar-refractivity contribution in [3.05, 3.63) is 161 Å². The molecular formula is C43H39NO. The summed E-state index contributed by atoms with van der Waals surface area (Å²) in [6.45, 7) is 13.8. The Bertz CT molecular complexity index is 1970. The number of rotatable bonds is 3. The molecule has 6 aromatic rings. The number of nitrogens with zero attached hydrogens (tertiary/aromatic N) is 1. The molecule has 45 heavy (non-hydrogen) atoms. The molecule has 0 saturated heterocycles. The van der Waals surface area contributed by atoms with Gasteiger partial charge in [0.25, 0.3) is 0 Å². The van der Waals surface area contributed by atoms with Crippen molar-refractivity contribution in [1.82, 2.24) is 0 Å². The Balaban J connectivity index is 1.47. The molecule has 8 rings (SSSR count). The van der Waals surface area contributed by atoms with Crippen molar-refractivity contribution in [3.8, 4) is 22.3 Å². The highest BCUT2D eigenvalue weighted by Gasteiger charge is 2.55. The summed E-state index contributed by atoms with van der Waals surface area (Å²) >= 11 is 0. The maximum absolute atomic E-state index is 6.62. The topological polar surface area (TPSA) is 16.4 Å². The van der Waals surface area contributed by atoms with Crippen LogP contribution in [0.2, 0.25) is 0 Å². The van der Waals surface area contributed by atoms with Gasteiger partial charge in [0.05, 0.1) is 6.26 Å². The number of hydrogen-bond donors (Lipinski definition) is 0. The predicted octanol–water partition coefficient (Wildman–Crippen LogP) is 11.7. The molecule has 5 aromatic carbocycles. The van der Waals surface area contributed by atoms with Crippen LogP contribution in [0.3, 0.4) is 0 Å². The van der Waals surface area contributed by atoms with Crippen LogP contribution < -0.4 is 4.90 Å². The third-order valence-corrected chi connectivity index (χ3v) is 9.86. The normalized spacial score (nSPS) is 14.2. The van der Waals surface area contributed by atoms with Crippen molar-refractivity contribution in [1.29, 1.82) is 0 Å². The Hall–Kier alpha value is -4.82. The minimum atomic E-state index is -0.559. The second kappa shape index (κ2) is 9.59. The van der Waals surface area contributed by atoms with Crippen LogP contribution in [0.25, 0.3) is 22.3 Å². The number of benzene rings is 5. The van der Waals surface area contributed by atoms with E-state index >= 15 is 0 Å². The van der Waals surface area contributed by atoms with E-state index in [1.807, 2.05) is 6.26 Å². The van der Waals surface area contributed by atoms with E-state index in [0.717, 1.165) is 22.8 Å². The van der Waals surface area contributed by atoms with Gasteiger partial charge >= 0.3 is 0 Å². The molecule has 0 bridgehead atoms. The third-order valence-electron chi connectivity index (χ3n) is 9.86. The average molecular weight is 586 g/mol. The molecule has 222 valence electrons.